The minimum atomic E-state index is 0.0445. The number of hydrogen-bond acceptors (Lipinski definition) is 2. The fourth-order valence-corrected chi connectivity index (χ4v) is 1.92. The zero-order valence-corrected chi connectivity index (χ0v) is 10.5. The normalized spacial score (nSPS) is 23.6. The van der Waals surface area contributed by atoms with Crippen molar-refractivity contribution in [3.05, 3.63) is 29.3 Å². The van der Waals surface area contributed by atoms with Crippen LogP contribution in [0.5, 0.6) is 5.75 Å². The van der Waals surface area contributed by atoms with Crippen LogP contribution in [0.3, 0.4) is 0 Å². The maximum absolute atomic E-state index is 5.44. The van der Waals surface area contributed by atoms with Crippen molar-refractivity contribution in [2.24, 2.45) is 0 Å². The summed E-state index contributed by atoms with van der Waals surface area (Å²) in [6.45, 7) is 7.43. The molecule has 88 valence electrons. The molecule has 0 amide bonds. The molecule has 0 saturated carbocycles. The Balaban J connectivity index is 2.27. The van der Waals surface area contributed by atoms with Gasteiger partial charge in [-0.15, -0.1) is 0 Å². The Morgan fingerprint density at radius 1 is 1.44 bits per heavy atom. The van der Waals surface area contributed by atoms with Gasteiger partial charge in [-0.2, -0.15) is 0 Å². The molecule has 1 fully saturated rings. The van der Waals surface area contributed by atoms with Crippen molar-refractivity contribution in [1.29, 1.82) is 0 Å². The van der Waals surface area contributed by atoms with E-state index in [-0.39, 0.29) is 5.60 Å². The first-order chi connectivity index (χ1) is 7.54. The summed E-state index contributed by atoms with van der Waals surface area (Å²) >= 11 is 0. The first-order valence-electron chi connectivity index (χ1n) is 5.85. The van der Waals surface area contributed by atoms with Gasteiger partial charge in [-0.1, -0.05) is 26.0 Å². The number of ether oxygens (including phenoxy) is 2. The quantitative estimate of drug-likeness (QED) is 0.727. The Bertz CT molecular complexity index is 378. The maximum Gasteiger partial charge on any atom is 0.122 e. The van der Waals surface area contributed by atoms with Crippen molar-refractivity contribution >= 4 is 0 Å². The molecule has 0 N–H and O–H groups in total. The molecule has 1 aromatic carbocycles. The first kappa shape index (κ1) is 11.5. The number of epoxide rings is 1. The zero-order chi connectivity index (χ0) is 11.8. The molecule has 16 heavy (non-hydrogen) atoms. The summed E-state index contributed by atoms with van der Waals surface area (Å²) in [7, 11) is 1.73. The van der Waals surface area contributed by atoms with Crippen LogP contribution < -0.4 is 4.74 Å². The first-order valence-corrected chi connectivity index (χ1v) is 5.85. The number of benzene rings is 1. The summed E-state index contributed by atoms with van der Waals surface area (Å²) in [6.07, 6.45) is 0.941. The van der Waals surface area contributed by atoms with E-state index in [0.717, 1.165) is 18.8 Å². The van der Waals surface area contributed by atoms with Gasteiger partial charge in [-0.3, -0.25) is 0 Å². The van der Waals surface area contributed by atoms with Crippen molar-refractivity contribution in [2.75, 3.05) is 13.7 Å². The van der Waals surface area contributed by atoms with E-state index in [2.05, 4.69) is 39.0 Å². The fraction of sp³-hybridized carbons (Fsp3) is 0.571. The van der Waals surface area contributed by atoms with E-state index in [1.54, 1.807) is 7.11 Å². The predicted molar refractivity (Wildman–Crippen MR) is 65.1 cm³/mol. The predicted octanol–water partition coefficient (Wildman–Crippen LogP) is 3.15. The van der Waals surface area contributed by atoms with Gasteiger partial charge in [0, 0.05) is 6.42 Å². The number of methoxy groups -OCH3 is 1. The van der Waals surface area contributed by atoms with Crippen LogP contribution in [-0.2, 0) is 11.2 Å². The Labute approximate surface area is 97.6 Å². The van der Waals surface area contributed by atoms with Gasteiger partial charge in [0.15, 0.2) is 0 Å². The molecule has 1 aliphatic heterocycles. The molecule has 2 heteroatoms. The van der Waals surface area contributed by atoms with Crippen LogP contribution in [-0.4, -0.2) is 19.3 Å². The van der Waals surface area contributed by atoms with Crippen LogP contribution in [0.25, 0.3) is 0 Å². The van der Waals surface area contributed by atoms with E-state index in [4.69, 9.17) is 9.47 Å². The number of rotatable bonds is 4. The summed E-state index contributed by atoms with van der Waals surface area (Å²) in [6, 6.07) is 6.45. The molecule has 1 atom stereocenters. The molecule has 1 aliphatic rings. The van der Waals surface area contributed by atoms with E-state index in [9.17, 15) is 0 Å². The highest BCUT2D eigenvalue weighted by molar-refractivity contribution is 5.39. The van der Waals surface area contributed by atoms with Crippen LogP contribution in [0.4, 0.5) is 0 Å². The SMILES string of the molecule is COc1ccc(C(C)C)cc1CC1(C)CO1. The smallest absolute Gasteiger partial charge is 0.122 e. The van der Waals surface area contributed by atoms with Crippen LogP contribution in [0, 0.1) is 0 Å². The lowest BCUT2D eigenvalue weighted by molar-refractivity contribution is 0.318. The molecule has 0 spiro atoms. The lowest BCUT2D eigenvalue weighted by Crippen LogP contribution is -2.10. The molecule has 0 aliphatic carbocycles. The van der Waals surface area contributed by atoms with Crippen molar-refractivity contribution < 1.29 is 9.47 Å². The molecule has 0 bridgehead atoms. The highest BCUT2D eigenvalue weighted by Gasteiger charge is 2.39. The molecule has 0 aromatic heterocycles. The second-order valence-corrected chi connectivity index (χ2v) is 5.14. The fourth-order valence-electron chi connectivity index (χ4n) is 1.92. The average molecular weight is 220 g/mol. The van der Waals surface area contributed by atoms with Gasteiger partial charge in [-0.05, 0) is 30.0 Å². The summed E-state index contributed by atoms with van der Waals surface area (Å²) in [4.78, 5) is 0. The van der Waals surface area contributed by atoms with Crippen LogP contribution in [0.1, 0.15) is 37.8 Å². The minimum Gasteiger partial charge on any atom is -0.496 e. The van der Waals surface area contributed by atoms with E-state index in [1.165, 1.54) is 11.1 Å². The van der Waals surface area contributed by atoms with E-state index in [1.807, 2.05) is 0 Å². The number of hydrogen-bond donors (Lipinski definition) is 0. The van der Waals surface area contributed by atoms with E-state index < -0.39 is 0 Å². The Morgan fingerprint density at radius 3 is 2.62 bits per heavy atom. The van der Waals surface area contributed by atoms with E-state index in [0.29, 0.717) is 5.92 Å². The highest BCUT2D eigenvalue weighted by Crippen LogP contribution is 2.34. The van der Waals surface area contributed by atoms with Crippen molar-refractivity contribution in [1.82, 2.24) is 0 Å². The Kier molecular flexibility index (Phi) is 2.94. The maximum atomic E-state index is 5.44. The highest BCUT2D eigenvalue weighted by atomic mass is 16.6. The summed E-state index contributed by atoms with van der Waals surface area (Å²) in [5.41, 5.74) is 2.66. The summed E-state index contributed by atoms with van der Waals surface area (Å²) in [5.74, 6) is 1.53. The van der Waals surface area contributed by atoms with Gasteiger partial charge in [0.25, 0.3) is 0 Å². The molecular weight excluding hydrogens is 200 g/mol. The lowest BCUT2D eigenvalue weighted by Gasteiger charge is -2.14. The summed E-state index contributed by atoms with van der Waals surface area (Å²) in [5, 5.41) is 0. The molecule has 2 rings (SSSR count). The molecule has 1 aromatic rings. The second kappa shape index (κ2) is 4.10. The molecule has 1 saturated heterocycles. The molecule has 1 heterocycles. The molecular formula is C14H20O2. The molecule has 2 nitrogen and oxygen atoms in total. The zero-order valence-electron chi connectivity index (χ0n) is 10.5. The second-order valence-electron chi connectivity index (χ2n) is 5.14. The average Bonchev–Trinajstić information content (AvgIpc) is 2.96. The van der Waals surface area contributed by atoms with Crippen molar-refractivity contribution in [3.8, 4) is 5.75 Å². The molecule has 1 unspecified atom stereocenters. The third-order valence-electron chi connectivity index (χ3n) is 3.17. The van der Waals surface area contributed by atoms with Gasteiger partial charge >= 0.3 is 0 Å². The van der Waals surface area contributed by atoms with Crippen molar-refractivity contribution in [3.63, 3.8) is 0 Å². The van der Waals surface area contributed by atoms with Gasteiger partial charge in [0.05, 0.1) is 19.3 Å². The molecule has 0 radical (unpaired) electrons. The van der Waals surface area contributed by atoms with Gasteiger partial charge in [-0.25, -0.2) is 0 Å². The van der Waals surface area contributed by atoms with Crippen LogP contribution in [0.15, 0.2) is 18.2 Å². The van der Waals surface area contributed by atoms with Gasteiger partial charge < -0.3 is 9.47 Å². The monoisotopic (exact) mass is 220 g/mol. The largest absolute Gasteiger partial charge is 0.496 e. The standard InChI is InChI=1S/C14H20O2/c1-10(2)11-5-6-13(15-4)12(7-11)8-14(3)9-16-14/h5-7,10H,8-9H2,1-4H3. The van der Waals surface area contributed by atoms with E-state index >= 15 is 0 Å². The Hall–Kier alpha value is -1.02. The third-order valence-corrected chi connectivity index (χ3v) is 3.17. The van der Waals surface area contributed by atoms with Crippen LogP contribution in [0.2, 0.25) is 0 Å². The minimum absolute atomic E-state index is 0.0445. The summed E-state index contributed by atoms with van der Waals surface area (Å²) < 4.78 is 10.8. The lowest BCUT2D eigenvalue weighted by atomic mass is 9.95. The topological polar surface area (TPSA) is 21.8 Å². The van der Waals surface area contributed by atoms with Gasteiger partial charge in [0.1, 0.15) is 5.75 Å². The van der Waals surface area contributed by atoms with Crippen molar-refractivity contribution in [2.45, 2.75) is 38.7 Å². The van der Waals surface area contributed by atoms with Crippen LogP contribution >= 0.6 is 0 Å². The third kappa shape index (κ3) is 2.38. The Morgan fingerprint density at radius 2 is 2.12 bits per heavy atom. The van der Waals surface area contributed by atoms with Gasteiger partial charge in [0.2, 0.25) is 0 Å².